The molecule has 0 spiro atoms. The molecule has 2 nitrogen and oxygen atoms in total. The molecule has 0 aliphatic rings. The zero-order valence-corrected chi connectivity index (χ0v) is 14.3. The van der Waals surface area contributed by atoms with Crippen LogP contribution < -0.4 is 11.3 Å². The van der Waals surface area contributed by atoms with Gasteiger partial charge in [0.2, 0.25) is 0 Å². The van der Waals surface area contributed by atoms with Gasteiger partial charge in [-0.2, -0.15) is 0 Å². The molecule has 0 heterocycles. The van der Waals surface area contributed by atoms with Gasteiger partial charge in [-0.15, -0.1) is 0 Å². The lowest BCUT2D eigenvalue weighted by molar-refractivity contribution is 0.636. The lowest BCUT2D eigenvalue weighted by Gasteiger charge is -2.20. The van der Waals surface area contributed by atoms with Crippen LogP contribution in [0.4, 0.5) is 0 Å². The SMILES string of the molecule is Cc1cc(C(NN)c2cc(Cl)ccc2Cl)cc(C)c1Br. The van der Waals surface area contributed by atoms with Crippen molar-refractivity contribution in [3.8, 4) is 0 Å². The summed E-state index contributed by atoms with van der Waals surface area (Å²) < 4.78 is 1.11. The summed E-state index contributed by atoms with van der Waals surface area (Å²) >= 11 is 15.9. The molecule has 2 rings (SSSR count). The molecule has 0 fully saturated rings. The molecule has 5 heteroatoms. The first-order valence-corrected chi connectivity index (χ1v) is 7.66. The molecule has 0 saturated heterocycles. The number of benzene rings is 2. The maximum Gasteiger partial charge on any atom is 0.0725 e. The van der Waals surface area contributed by atoms with Crippen LogP contribution in [0.3, 0.4) is 0 Å². The van der Waals surface area contributed by atoms with Gasteiger partial charge in [-0.05, 0) is 54.3 Å². The predicted molar refractivity (Wildman–Crippen MR) is 89.2 cm³/mol. The van der Waals surface area contributed by atoms with Crippen molar-refractivity contribution >= 4 is 39.1 Å². The highest BCUT2D eigenvalue weighted by molar-refractivity contribution is 9.10. The Balaban J connectivity index is 2.55. The molecular formula is C15H15BrCl2N2. The average Bonchev–Trinajstić information content (AvgIpc) is 2.40. The summed E-state index contributed by atoms with van der Waals surface area (Å²) in [7, 11) is 0. The molecule has 1 atom stereocenters. The summed E-state index contributed by atoms with van der Waals surface area (Å²) in [6.45, 7) is 4.10. The van der Waals surface area contributed by atoms with E-state index >= 15 is 0 Å². The molecule has 0 bridgehead atoms. The Morgan fingerprint density at radius 1 is 1.10 bits per heavy atom. The van der Waals surface area contributed by atoms with Crippen LogP contribution in [0.1, 0.15) is 28.3 Å². The normalized spacial score (nSPS) is 12.5. The average molecular weight is 374 g/mol. The highest BCUT2D eigenvalue weighted by Crippen LogP contribution is 2.33. The van der Waals surface area contributed by atoms with Crippen LogP contribution in [0.25, 0.3) is 0 Å². The minimum atomic E-state index is -0.202. The third kappa shape index (κ3) is 3.18. The molecule has 1 unspecified atom stereocenters. The number of halogens is 3. The zero-order valence-electron chi connectivity index (χ0n) is 11.2. The summed E-state index contributed by atoms with van der Waals surface area (Å²) in [6, 6.07) is 9.34. The fourth-order valence-corrected chi connectivity index (χ4v) is 2.88. The van der Waals surface area contributed by atoms with Gasteiger partial charge in [0, 0.05) is 14.5 Å². The van der Waals surface area contributed by atoms with Gasteiger partial charge in [-0.1, -0.05) is 51.3 Å². The van der Waals surface area contributed by atoms with Crippen molar-refractivity contribution in [1.82, 2.24) is 5.43 Å². The molecule has 3 N–H and O–H groups in total. The van der Waals surface area contributed by atoms with Crippen LogP contribution in [-0.4, -0.2) is 0 Å². The van der Waals surface area contributed by atoms with Gasteiger partial charge in [0.1, 0.15) is 0 Å². The zero-order chi connectivity index (χ0) is 14.9. The van der Waals surface area contributed by atoms with Crippen LogP contribution in [0.15, 0.2) is 34.8 Å². The fourth-order valence-electron chi connectivity index (χ4n) is 2.25. The van der Waals surface area contributed by atoms with Crippen molar-refractivity contribution in [2.24, 2.45) is 5.84 Å². The first-order chi connectivity index (χ1) is 9.43. The maximum atomic E-state index is 6.27. The minimum absolute atomic E-state index is 0.202. The highest BCUT2D eigenvalue weighted by Gasteiger charge is 2.17. The van der Waals surface area contributed by atoms with E-state index in [1.165, 1.54) is 0 Å². The Morgan fingerprint density at radius 3 is 2.25 bits per heavy atom. The molecule has 20 heavy (non-hydrogen) atoms. The highest BCUT2D eigenvalue weighted by atomic mass is 79.9. The lowest BCUT2D eigenvalue weighted by Crippen LogP contribution is -2.29. The molecule has 2 aromatic rings. The second-order valence-corrected chi connectivity index (χ2v) is 6.37. The summed E-state index contributed by atoms with van der Waals surface area (Å²) in [6.07, 6.45) is 0. The lowest BCUT2D eigenvalue weighted by atomic mass is 9.96. The monoisotopic (exact) mass is 372 g/mol. The topological polar surface area (TPSA) is 38.0 Å². The van der Waals surface area contributed by atoms with E-state index in [4.69, 9.17) is 29.0 Å². The predicted octanol–water partition coefficient (Wildman–Crippen LogP) is 4.93. The Kier molecular flexibility index (Phi) is 5.10. The third-order valence-corrected chi connectivity index (χ3v) is 5.06. The smallest absolute Gasteiger partial charge is 0.0725 e. The quantitative estimate of drug-likeness (QED) is 0.591. The standard InChI is InChI=1S/C15H15BrCl2N2/c1-8-5-10(6-9(2)14(8)16)15(20-19)12-7-11(17)3-4-13(12)18/h3-7,15,20H,19H2,1-2H3. The number of hydrazine groups is 1. The molecule has 2 aromatic carbocycles. The van der Waals surface area contributed by atoms with E-state index in [9.17, 15) is 0 Å². The van der Waals surface area contributed by atoms with Crippen LogP contribution in [0, 0.1) is 13.8 Å². The Labute approximate surface area is 137 Å². The van der Waals surface area contributed by atoms with Crippen LogP contribution in [-0.2, 0) is 0 Å². The van der Waals surface area contributed by atoms with Gasteiger partial charge >= 0.3 is 0 Å². The van der Waals surface area contributed by atoms with E-state index in [0.29, 0.717) is 10.0 Å². The largest absolute Gasteiger partial charge is 0.271 e. The molecule has 0 aromatic heterocycles. The van der Waals surface area contributed by atoms with Crippen LogP contribution >= 0.6 is 39.1 Å². The molecular weight excluding hydrogens is 359 g/mol. The Morgan fingerprint density at radius 2 is 1.70 bits per heavy atom. The number of nitrogens with one attached hydrogen (secondary N) is 1. The van der Waals surface area contributed by atoms with Crippen LogP contribution in [0.2, 0.25) is 10.0 Å². The van der Waals surface area contributed by atoms with Crippen molar-refractivity contribution in [3.63, 3.8) is 0 Å². The van der Waals surface area contributed by atoms with Gasteiger partial charge < -0.3 is 0 Å². The molecule has 0 aliphatic heterocycles. The Bertz CT molecular complexity index is 621. The third-order valence-electron chi connectivity index (χ3n) is 3.23. The van der Waals surface area contributed by atoms with Gasteiger partial charge in [-0.25, -0.2) is 5.43 Å². The van der Waals surface area contributed by atoms with Gasteiger partial charge in [0.15, 0.2) is 0 Å². The molecule has 106 valence electrons. The molecule has 0 radical (unpaired) electrons. The first kappa shape index (κ1) is 15.8. The number of hydrogen-bond acceptors (Lipinski definition) is 2. The van der Waals surface area contributed by atoms with E-state index in [1.807, 2.05) is 19.9 Å². The van der Waals surface area contributed by atoms with Crippen molar-refractivity contribution in [3.05, 3.63) is 67.1 Å². The maximum absolute atomic E-state index is 6.27. The number of rotatable bonds is 3. The number of nitrogens with two attached hydrogens (primary N) is 1. The Hall–Kier alpha value is -0.580. The van der Waals surface area contributed by atoms with Gasteiger partial charge in [-0.3, -0.25) is 5.84 Å². The number of aryl methyl sites for hydroxylation is 2. The number of hydrogen-bond donors (Lipinski definition) is 2. The van der Waals surface area contributed by atoms with E-state index < -0.39 is 0 Å². The van der Waals surface area contributed by atoms with E-state index in [1.54, 1.807) is 12.1 Å². The molecule has 0 saturated carbocycles. The van der Waals surface area contributed by atoms with E-state index in [-0.39, 0.29) is 6.04 Å². The van der Waals surface area contributed by atoms with Crippen LogP contribution in [0.5, 0.6) is 0 Å². The first-order valence-electron chi connectivity index (χ1n) is 6.11. The van der Waals surface area contributed by atoms with Crippen molar-refractivity contribution in [2.75, 3.05) is 0 Å². The molecule has 0 amide bonds. The van der Waals surface area contributed by atoms with Gasteiger partial charge in [0.05, 0.1) is 6.04 Å². The minimum Gasteiger partial charge on any atom is -0.271 e. The van der Waals surface area contributed by atoms with Crippen molar-refractivity contribution < 1.29 is 0 Å². The second-order valence-electron chi connectivity index (χ2n) is 4.73. The summed E-state index contributed by atoms with van der Waals surface area (Å²) in [5, 5.41) is 1.27. The van der Waals surface area contributed by atoms with Crippen molar-refractivity contribution in [2.45, 2.75) is 19.9 Å². The van der Waals surface area contributed by atoms with E-state index in [0.717, 1.165) is 26.7 Å². The second kappa shape index (κ2) is 6.46. The summed E-state index contributed by atoms with van der Waals surface area (Å²) in [5.41, 5.74) is 7.04. The van der Waals surface area contributed by atoms with Crippen molar-refractivity contribution in [1.29, 1.82) is 0 Å². The molecule has 0 aliphatic carbocycles. The van der Waals surface area contributed by atoms with Gasteiger partial charge in [0.25, 0.3) is 0 Å². The fraction of sp³-hybridized carbons (Fsp3) is 0.200. The summed E-state index contributed by atoms with van der Waals surface area (Å²) in [5.74, 6) is 5.73. The van der Waals surface area contributed by atoms with E-state index in [2.05, 4.69) is 33.5 Å². The summed E-state index contributed by atoms with van der Waals surface area (Å²) in [4.78, 5) is 0.